The van der Waals surface area contributed by atoms with Crippen molar-refractivity contribution in [2.24, 2.45) is 0 Å². The summed E-state index contributed by atoms with van der Waals surface area (Å²) in [5, 5.41) is 8.78. The molecule has 1 rings (SSSR count). The first-order chi connectivity index (χ1) is 5.29. The van der Waals surface area contributed by atoms with Gasteiger partial charge in [-0.25, -0.2) is 0 Å². The molecule has 0 aromatic carbocycles. The number of ether oxygens (including phenoxy) is 2. The van der Waals surface area contributed by atoms with E-state index in [0.717, 1.165) is 13.0 Å². The number of aliphatic hydroxyl groups is 1. The van der Waals surface area contributed by atoms with Crippen molar-refractivity contribution in [3.05, 3.63) is 6.92 Å². The number of hydrogen-bond donors (Lipinski definition) is 1. The first-order valence-electron chi connectivity index (χ1n) is 3.99. The molecule has 2 unspecified atom stereocenters. The predicted molar refractivity (Wildman–Crippen MR) is 41.2 cm³/mol. The van der Waals surface area contributed by atoms with E-state index in [-0.39, 0.29) is 0 Å². The van der Waals surface area contributed by atoms with E-state index in [1.54, 1.807) is 0 Å². The third-order valence-corrected chi connectivity index (χ3v) is 1.53. The molecule has 1 saturated heterocycles. The molecule has 0 spiro atoms. The molecule has 1 radical (unpaired) electrons. The summed E-state index contributed by atoms with van der Waals surface area (Å²) in [4.78, 5) is 0. The van der Waals surface area contributed by atoms with Crippen molar-refractivity contribution in [3.8, 4) is 0 Å². The van der Waals surface area contributed by atoms with Gasteiger partial charge in [0.05, 0.1) is 19.3 Å². The molecule has 3 nitrogen and oxygen atoms in total. The molecule has 0 aromatic heterocycles. The third-order valence-electron chi connectivity index (χ3n) is 1.53. The van der Waals surface area contributed by atoms with Gasteiger partial charge in [0, 0.05) is 6.61 Å². The second kappa shape index (κ2) is 4.70. The van der Waals surface area contributed by atoms with Crippen LogP contribution < -0.4 is 0 Å². The van der Waals surface area contributed by atoms with Gasteiger partial charge in [-0.15, -0.1) is 0 Å². The summed E-state index contributed by atoms with van der Waals surface area (Å²) in [7, 11) is 0. The molecule has 0 aromatic rings. The second-order valence-electron chi connectivity index (χ2n) is 2.83. The average Bonchev–Trinajstić information content (AvgIpc) is 2.70. The van der Waals surface area contributed by atoms with Crippen molar-refractivity contribution in [3.63, 3.8) is 0 Å². The van der Waals surface area contributed by atoms with Crippen LogP contribution in [0.3, 0.4) is 0 Å². The van der Waals surface area contributed by atoms with Crippen LogP contribution in [0.1, 0.15) is 12.8 Å². The smallest absolute Gasteiger partial charge is 0.104 e. The van der Waals surface area contributed by atoms with E-state index in [1.165, 1.54) is 0 Å². The van der Waals surface area contributed by atoms with Crippen LogP contribution in [-0.4, -0.2) is 37.1 Å². The van der Waals surface area contributed by atoms with Gasteiger partial charge >= 0.3 is 0 Å². The number of aliphatic hydroxyl groups excluding tert-OH is 1. The number of hydrogen-bond acceptors (Lipinski definition) is 3. The Labute approximate surface area is 67.3 Å². The van der Waals surface area contributed by atoms with Crippen molar-refractivity contribution in [1.29, 1.82) is 0 Å². The van der Waals surface area contributed by atoms with Crippen molar-refractivity contribution >= 4 is 0 Å². The van der Waals surface area contributed by atoms with Crippen molar-refractivity contribution in [2.75, 3.05) is 19.8 Å². The van der Waals surface area contributed by atoms with Crippen LogP contribution in [0, 0.1) is 6.92 Å². The lowest BCUT2D eigenvalue weighted by molar-refractivity contribution is 0.103. The largest absolute Gasteiger partial charge is 0.393 e. The van der Waals surface area contributed by atoms with Crippen LogP contribution in [0.5, 0.6) is 0 Å². The topological polar surface area (TPSA) is 42.0 Å². The zero-order chi connectivity index (χ0) is 8.10. The predicted octanol–water partition coefficient (Wildman–Crippen LogP) is 0.377. The highest BCUT2D eigenvalue weighted by atomic mass is 16.6. The van der Waals surface area contributed by atoms with E-state index >= 15 is 0 Å². The molecule has 3 heteroatoms. The highest BCUT2D eigenvalue weighted by Gasteiger charge is 2.21. The van der Waals surface area contributed by atoms with Crippen molar-refractivity contribution in [2.45, 2.75) is 25.0 Å². The molecule has 11 heavy (non-hydrogen) atoms. The Hall–Kier alpha value is -0.120. The SMILES string of the molecule is [CH2]C(O)CCCOCC1CO1. The number of rotatable bonds is 6. The molecule has 0 saturated carbocycles. The molecule has 1 aliphatic rings. The summed E-state index contributed by atoms with van der Waals surface area (Å²) < 4.78 is 10.2. The van der Waals surface area contributed by atoms with Crippen LogP contribution >= 0.6 is 0 Å². The molecule has 1 aliphatic heterocycles. The third kappa shape index (κ3) is 5.18. The zero-order valence-electron chi connectivity index (χ0n) is 6.66. The molecule has 2 atom stereocenters. The van der Waals surface area contributed by atoms with Gasteiger partial charge in [0.15, 0.2) is 0 Å². The zero-order valence-corrected chi connectivity index (χ0v) is 6.66. The van der Waals surface area contributed by atoms with Gasteiger partial charge in [0.25, 0.3) is 0 Å². The lowest BCUT2D eigenvalue weighted by Gasteiger charge is -2.03. The molecule has 1 heterocycles. The molecule has 0 amide bonds. The maximum absolute atomic E-state index is 8.78. The van der Waals surface area contributed by atoms with Gasteiger partial charge in [-0.05, 0) is 19.8 Å². The van der Waals surface area contributed by atoms with Crippen LogP contribution in [0.4, 0.5) is 0 Å². The lowest BCUT2D eigenvalue weighted by Crippen LogP contribution is -2.06. The van der Waals surface area contributed by atoms with Crippen LogP contribution in [0.25, 0.3) is 0 Å². The minimum Gasteiger partial charge on any atom is -0.393 e. The van der Waals surface area contributed by atoms with Crippen molar-refractivity contribution < 1.29 is 14.6 Å². The Morgan fingerprint density at radius 2 is 2.45 bits per heavy atom. The first-order valence-corrected chi connectivity index (χ1v) is 3.99. The van der Waals surface area contributed by atoms with Crippen LogP contribution in [0.2, 0.25) is 0 Å². The Kier molecular flexibility index (Phi) is 3.83. The summed E-state index contributed by atoms with van der Waals surface area (Å²) in [5.41, 5.74) is 0. The molecule has 1 N–H and O–H groups in total. The minimum absolute atomic E-state index is 0.347. The second-order valence-corrected chi connectivity index (χ2v) is 2.83. The summed E-state index contributed by atoms with van der Waals surface area (Å²) in [6.45, 7) is 5.71. The highest BCUT2D eigenvalue weighted by Crippen LogP contribution is 2.08. The van der Waals surface area contributed by atoms with Gasteiger partial charge in [-0.1, -0.05) is 0 Å². The number of epoxide rings is 1. The standard InChI is InChI=1S/C8H15O3/c1-7(9)3-2-4-10-5-8-6-11-8/h7-9H,1-6H2. The average molecular weight is 159 g/mol. The Morgan fingerprint density at radius 3 is 3.00 bits per heavy atom. The van der Waals surface area contributed by atoms with E-state index in [0.29, 0.717) is 25.7 Å². The molecular formula is C8H15O3. The Morgan fingerprint density at radius 1 is 1.73 bits per heavy atom. The molecular weight excluding hydrogens is 144 g/mol. The van der Waals surface area contributed by atoms with E-state index < -0.39 is 6.10 Å². The normalized spacial score (nSPS) is 25.1. The fourth-order valence-electron chi connectivity index (χ4n) is 0.800. The molecule has 0 aliphatic carbocycles. The van der Waals surface area contributed by atoms with Crippen molar-refractivity contribution in [1.82, 2.24) is 0 Å². The summed E-state index contributed by atoms with van der Waals surface area (Å²) in [5.74, 6) is 0. The van der Waals surface area contributed by atoms with Gasteiger partial charge in [0.1, 0.15) is 6.10 Å². The van der Waals surface area contributed by atoms with E-state index in [2.05, 4.69) is 6.92 Å². The van der Waals surface area contributed by atoms with E-state index in [1.807, 2.05) is 0 Å². The maximum Gasteiger partial charge on any atom is 0.104 e. The van der Waals surface area contributed by atoms with E-state index in [4.69, 9.17) is 14.6 Å². The van der Waals surface area contributed by atoms with Gasteiger partial charge in [-0.2, -0.15) is 0 Å². The molecule has 1 fully saturated rings. The first kappa shape index (κ1) is 8.97. The van der Waals surface area contributed by atoms with E-state index in [9.17, 15) is 0 Å². The van der Waals surface area contributed by atoms with Gasteiger partial charge in [0.2, 0.25) is 0 Å². The summed E-state index contributed by atoms with van der Waals surface area (Å²) in [6, 6.07) is 0. The summed E-state index contributed by atoms with van der Waals surface area (Å²) in [6.07, 6.45) is 1.48. The summed E-state index contributed by atoms with van der Waals surface area (Å²) >= 11 is 0. The Balaban J connectivity index is 1.73. The minimum atomic E-state index is -0.448. The maximum atomic E-state index is 8.78. The molecule has 0 bridgehead atoms. The van der Waals surface area contributed by atoms with Gasteiger partial charge in [-0.3, -0.25) is 0 Å². The monoisotopic (exact) mass is 159 g/mol. The van der Waals surface area contributed by atoms with Crippen LogP contribution in [-0.2, 0) is 9.47 Å². The quantitative estimate of drug-likeness (QED) is 0.450. The molecule has 65 valence electrons. The van der Waals surface area contributed by atoms with Gasteiger partial charge < -0.3 is 14.6 Å². The lowest BCUT2D eigenvalue weighted by atomic mass is 10.2. The highest BCUT2D eigenvalue weighted by molar-refractivity contribution is 4.67. The fraction of sp³-hybridized carbons (Fsp3) is 0.875. The fourth-order valence-corrected chi connectivity index (χ4v) is 0.800. The van der Waals surface area contributed by atoms with Crippen LogP contribution in [0.15, 0.2) is 0 Å². The Bertz CT molecular complexity index is 95.5.